The first-order valence-electron chi connectivity index (χ1n) is 10.5. The van der Waals surface area contributed by atoms with Gasteiger partial charge in [-0.2, -0.15) is 15.4 Å². The average Bonchev–Trinajstić information content (AvgIpc) is 3.36. The van der Waals surface area contributed by atoms with Gasteiger partial charge in [0.2, 0.25) is 6.33 Å². The Bertz CT molecular complexity index is 1380. The van der Waals surface area contributed by atoms with Crippen molar-refractivity contribution in [2.75, 3.05) is 5.01 Å². The van der Waals surface area contributed by atoms with Crippen LogP contribution in [0.2, 0.25) is 0 Å². The number of hydrogen-bond donors (Lipinski definition) is 3. The number of amides is 2. The number of para-hydroxylation sites is 2. The van der Waals surface area contributed by atoms with E-state index in [1.165, 1.54) is 30.5 Å². The predicted octanol–water partition coefficient (Wildman–Crippen LogP) is 1.36. The van der Waals surface area contributed by atoms with Gasteiger partial charge in [0, 0.05) is 5.56 Å². The molecule has 10 heteroatoms. The van der Waals surface area contributed by atoms with Gasteiger partial charge in [0.1, 0.15) is 17.8 Å². The van der Waals surface area contributed by atoms with E-state index in [1.807, 2.05) is 42.7 Å². The van der Waals surface area contributed by atoms with Crippen LogP contribution < -0.4 is 15.3 Å². The molecule has 2 unspecified atom stereocenters. The molecule has 2 atom stereocenters. The van der Waals surface area contributed by atoms with Crippen LogP contribution in [-0.2, 0) is 9.59 Å². The van der Waals surface area contributed by atoms with Crippen LogP contribution in [0.4, 0.5) is 5.69 Å². The van der Waals surface area contributed by atoms with Gasteiger partial charge in [-0.1, -0.05) is 24.3 Å². The van der Waals surface area contributed by atoms with E-state index in [1.54, 1.807) is 10.9 Å². The van der Waals surface area contributed by atoms with Crippen molar-refractivity contribution in [3.63, 3.8) is 0 Å². The van der Waals surface area contributed by atoms with E-state index in [0.717, 1.165) is 16.0 Å². The van der Waals surface area contributed by atoms with Crippen LogP contribution in [0.1, 0.15) is 31.7 Å². The number of carbonyl (C=O) groups excluding carboxylic acids is 2. The van der Waals surface area contributed by atoms with Crippen LogP contribution in [0.5, 0.6) is 0 Å². The molecule has 0 bridgehead atoms. The minimum Gasteiger partial charge on any atom is -0.364 e. The molecule has 0 saturated carbocycles. The number of rotatable bonds is 6. The maximum Gasteiger partial charge on any atom is 0.284 e. The van der Waals surface area contributed by atoms with Crippen molar-refractivity contribution in [3.05, 3.63) is 66.0 Å². The summed E-state index contributed by atoms with van der Waals surface area (Å²) in [5.41, 5.74) is 7.54. The maximum atomic E-state index is 13.2. The summed E-state index contributed by atoms with van der Waals surface area (Å²) >= 11 is 0. The van der Waals surface area contributed by atoms with Crippen molar-refractivity contribution in [2.24, 2.45) is 16.8 Å². The zero-order valence-electron chi connectivity index (χ0n) is 18.5. The Morgan fingerprint density at radius 3 is 2.47 bits per heavy atom. The summed E-state index contributed by atoms with van der Waals surface area (Å²) in [4.78, 5) is 25.4. The number of hydrazone groups is 1. The number of primary amides is 1. The lowest BCUT2D eigenvalue weighted by Crippen LogP contribution is -2.39. The van der Waals surface area contributed by atoms with E-state index in [2.05, 4.69) is 11.2 Å². The van der Waals surface area contributed by atoms with Gasteiger partial charge in [-0.15, -0.1) is 0 Å². The van der Waals surface area contributed by atoms with Crippen molar-refractivity contribution in [1.82, 2.24) is 4.57 Å². The number of nitrogens with two attached hydrogens (primary N) is 1. The third-order valence-corrected chi connectivity index (χ3v) is 5.87. The van der Waals surface area contributed by atoms with Gasteiger partial charge in [-0.25, -0.2) is 9.13 Å². The van der Waals surface area contributed by atoms with Crippen LogP contribution in [0, 0.1) is 17.2 Å². The second kappa shape index (κ2) is 8.90. The Morgan fingerprint density at radius 1 is 1.18 bits per heavy atom. The lowest BCUT2D eigenvalue weighted by atomic mass is 10.1. The minimum atomic E-state index is -1.65. The number of benzene rings is 2. The summed E-state index contributed by atoms with van der Waals surface area (Å²) in [5, 5.41) is 33.1. The topological polar surface area (TPSA) is 149 Å². The van der Waals surface area contributed by atoms with E-state index < -0.39 is 18.1 Å². The Kier molecular flexibility index (Phi) is 5.98. The normalized spacial score (nSPS) is 16.7. The highest BCUT2D eigenvalue weighted by atomic mass is 16.5. The number of hydrogen-bond acceptors (Lipinski definition) is 6. The molecule has 4 rings (SSSR count). The van der Waals surface area contributed by atoms with E-state index >= 15 is 0 Å². The fourth-order valence-corrected chi connectivity index (χ4v) is 3.75. The number of nitriles is 1. The van der Waals surface area contributed by atoms with Crippen molar-refractivity contribution >= 4 is 40.4 Å². The molecule has 10 nitrogen and oxygen atoms in total. The molecule has 0 fully saturated rings. The second-order valence-electron chi connectivity index (χ2n) is 8.01. The van der Waals surface area contributed by atoms with Crippen molar-refractivity contribution in [1.29, 1.82) is 5.26 Å². The SMILES string of the molecule is CC(C#N)C(C)[n+]1cn(C=C2C(=O)N(c3ccc(C(O)O)cc3)N=C2C(N)=O)c2ccccc21. The van der Waals surface area contributed by atoms with Crippen molar-refractivity contribution < 1.29 is 24.4 Å². The first-order valence-corrected chi connectivity index (χ1v) is 10.5. The number of aliphatic hydroxyl groups is 2. The van der Waals surface area contributed by atoms with E-state index in [0.29, 0.717) is 5.69 Å². The number of anilines is 1. The fourth-order valence-electron chi connectivity index (χ4n) is 3.75. The highest BCUT2D eigenvalue weighted by Crippen LogP contribution is 2.26. The summed E-state index contributed by atoms with van der Waals surface area (Å²) in [6.07, 6.45) is 1.62. The number of carbonyl (C=O) groups is 2. The van der Waals surface area contributed by atoms with Gasteiger partial charge in [0.05, 0.1) is 17.7 Å². The minimum absolute atomic E-state index is 0.00709. The first-order chi connectivity index (χ1) is 16.2. The Balaban J connectivity index is 1.80. The largest absolute Gasteiger partial charge is 0.364 e. The summed E-state index contributed by atoms with van der Waals surface area (Å²) in [6.45, 7) is 3.77. The lowest BCUT2D eigenvalue weighted by molar-refractivity contribution is -0.700. The number of imidazole rings is 1. The first kappa shape index (κ1) is 22.8. The molecule has 3 aromatic rings. The fraction of sp³-hybridized carbons (Fsp3) is 0.208. The zero-order chi connectivity index (χ0) is 24.6. The molecule has 0 radical (unpaired) electrons. The Hall–Kier alpha value is -4.33. The molecule has 172 valence electrons. The number of fused-ring (bicyclic) bond motifs is 1. The molecular weight excluding hydrogens is 436 g/mol. The summed E-state index contributed by atoms with van der Waals surface area (Å²) in [6, 6.07) is 15.5. The van der Waals surface area contributed by atoms with Crippen LogP contribution in [0.3, 0.4) is 0 Å². The highest BCUT2D eigenvalue weighted by molar-refractivity contribution is 6.55. The van der Waals surface area contributed by atoms with Gasteiger partial charge in [-0.3, -0.25) is 9.59 Å². The smallest absolute Gasteiger partial charge is 0.284 e. The Morgan fingerprint density at radius 2 is 1.85 bits per heavy atom. The van der Waals surface area contributed by atoms with Gasteiger partial charge >= 0.3 is 0 Å². The van der Waals surface area contributed by atoms with Gasteiger partial charge in [0.25, 0.3) is 11.8 Å². The van der Waals surface area contributed by atoms with Crippen LogP contribution >= 0.6 is 0 Å². The van der Waals surface area contributed by atoms with Crippen molar-refractivity contribution in [3.8, 4) is 6.07 Å². The van der Waals surface area contributed by atoms with Gasteiger partial charge < -0.3 is 15.9 Å². The third-order valence-electron chi connectivity index (χ3n) is 5.87. The van der Waals surface area contributed by atoms with E-state index in [4.69, 9.17) is 5.73 Å². The molecule has 2 heterocycles. The summed E-state index contributed by atoms with van der Waals surface area (Å²) in [7, 11) is 0. The third kappa shape index (κ3) is 3.94. The van der Waals surface area contributed by atoms with Gasteiger partial charge in [-0.05, 0) is 38.1 Å². The lowest BCUT2D eigenvalue weighted by Gasteiger charge is -2.12. The van der Waals surface area contributed by atoms with Crippen molar-refractivity contribution in [2.45, 2.75) is 26.2 Å². The molecule has 1 aromatic heterocycles. The second-order valence-corrected chi connectivity index (χ2v) is 8.01. The number of nitrogens with zero attached hydrogens (tertiary/aromatic N) is 5. The molecule has 0 aliphatic carbocycles. The standard InChI is InChI=1S/C24H22N6O4/c1-14(11-25)15(2)29-13-28(19-5-3-4-6-20(19)29)12-18-21(22(26)31)27-30(23(18)32)17-9-7-16(8-10-17)24(33)34/h3-10,12-15,24,33-34H,1-2H3,(H-,26,31)/p+1. The molecule has 34 heavy (non-hydrogen) atoms. The molecule has 4 N–H and O–H groups in total. The van der Waals surface area contributed by atoms with Crippen LogP contribution in [-0.4, -0.2) is 32.3 Å². The number of aliphatic hydroxyl groups excluding tert-OH is 1. The molecule has 0 saturated heterocycles. The van der Waals surface area contributed by atoms with Gasteiger partial charge in [0.15, 0.2) is 23.0 Å². The highest BCUT2D eigenvalue weighted by Gasteiger charge is 2.36. The van der Waals surface area contributed by atoms with E-state index in [9.17, 15) is 25.1 Å². The zero-order valence-corrected chi connectivity index (χ0v) is 18.5. The summed E-state index contributed by atoms with van der Waals surface area (Å²) in [5.74, 6) is -1.68. The number of aromatic nitrogens is 2. The summed E-state index contributed by atoms with van der Waals surface area (Å²) < 4.78 is 3.65. The molecular formula is C24H23N6O4+. The Labute approximate surface area is 195 Å². The maximum absolute atomic E-state index is 13.2. The van der Waals surface area contributed by atoms with Crippen LogP contribution in [0.25, 0.3) is 17.2 Å². The average molecular weight is 459 g/mol. The van der Waals surface area contributed by atoms with Crippen LogP contribution in [0.15, 0.2) is 65.5 Å². The molecule has 1 aliphatic heterocycles. The molecule has 2 amide bonds. The molecule has 1 aliphatic rings. The molecule has 0 spiro atoms. The predicted molar refractivity (Wildman–Crippen MR) is 124 cm³/mol. The monoisotopic (exact) mass is 459 g/mol. The molecule has 2 aromatic carbocycles. The van der Waals surface area contributed by atoms with E-state index in [-0.39, 0.29) is 28.8 Å². The quantitative estimate of drug-likeness (QED) is 0.289.